The van der Waals surface area contributed by atoms with E-state index in [1.807, 2.05) is 25.1 Å². The van der Waals surface area contributed by atoms with E-state index in [1.54, 1.807) is 6.07 Å². The van der Waals surface area contributed by atoms with Gasteiger partial charge >= 0.3 is 0 Å². The van der Waals surface area contributed by atoms with Gasteiger partial charge in [0.25, 0.3) is 0 Å². The number of hydrogen-bond acceptors (Lipinski definition) is 4. The summed E-state index contributed by atoms with van der Waals surface area (Å²) in [5.74, 6) is 1.54. The van der Waals surface area contributed by atoms with Crippen LogP contribution in [0.25, 0.3) is 0 Å². The van der Waals surface area contributed by atoms with Gasteiger partial charge < -0.3 is 4.90 Å². The van der Waals surface area contributed by atoms with Gasteiger partial charge in [0, 0.05) is 26.6 Å². The molecule has 0 aliphatic carbocycles. The van der Waals surface area contributed by atoms with Crippen LogP contribution in [0.5, 0.6) is 0 Å². The van der Waals surface area contributed by atoms with E-state index in [9.17, 15) is 0 Å². The Morgan fingerprint density at radius 3 is 2.64 bits per heavy atom. The van der Waals surface area contributed by atoms with Crippen LogP contribution < -0.4 is 4.90 Å². The highest BCUT2D eigenvalue weighted by Gasteiger charge is 2.04. The molecule has 0 unspecified atom stereocenters. The molecule has 0 amide bonds. The van der Waals surface area contributed by atoms with E-state index in [0.29, 0.717) is 5.69 Å². The molecule has 1 heterocycles. The van der Waals surface area contributed by atoms with Crippen molar-refractivity contribution in [2.24, 2.45) is 0 Å². The summed E-state index contributed by atoms with van der Waals surface area (Å²) in [4.78, 5) is 10.3. The molecule has 0 fully saturated rings. The topological polar surface area (TPSA) is 52.8 Å². The summed E-state index contributed by atoms with van der Waals surface area (Å²) >= 11 is 0. The van der Waals surface area contributed by atoms with E-state index in [4.69, 9.17) is 5.26 Å². The Bertz CT molecular complexity index is 352. The fourth-order valence-electron chi connectivity index (χ4n) is 1.10. The standard InChI is InChI=1S/C10H14N4/c1-4-5-9-12-8(7-11)6-10(13-9)14(2)3/h6H,4-5H2,1-3H3. The van der Waals surface area contributed by atoms with E-state index in [1.165, 1.54) is 0 Å². The molecule has 1 aromatic rings. The SMILES string of the molecule is CCCc1nc(C#N)cc(N(C)C)n1. The smallest absolute Gasteiger partial charge is 0.146 e. The minimum absolute atomic E-state index is 0.437. The van der Waals surface area contributed by atoms with Crippen LogP contribution in [0.3, 0.4) is 0 Å². The molecule has 0 saturated carbocycles. The summed E-state index contributed by atoms with van der Waals surface area (Å²) in [6.45, 7) is 2.07. The molecule has 4 nitrogen and oxygen atoms in total. The number of rotatable bonds is 3. The van der Waals surface area contributed by atoms with Crippen molar-refractivity contribution in [1.29, 1.82) is 5.26 Å². The van der Waals surface area contributed by atoms with Crippen LogP contribution in [0.15, 0.2) is 6.07 Å². The third kappa shape index (κ3) is 2.43. The second-order valence-electron chi connectivity index (χ2n) is 3.28. The summed E-state index contributed by atoms with van der Waals surface area (Å²) in [6, 6.07) is 3.74. The summed E-state index contributed by atoms with van der Waals surface area (Å²) < 4.78 is 0. The Morgan fingerprint density at radius 2 is 2.14 bits per heavy atom. The number of aryl methyl sites for hydroxylation is 1. The monoisotopic (exact) mass is 190 g/mol. The van der Waals surface area contributed by atoms with Crippen molar-refractivity contribution in [3.63, 3.8) is 0 Å². The molecule has 0 aliphatic heterocycles. The van der Waals surface area contributed by atoms with Crippen LogP contribution in [0.4, 0.5) is 5.82 Å². The first kappa shape index (κ1) is 10.5. The lowest BCUT2D eigenvalue weighted by molar-refractivity contribution is 0.824. The normalized spacial score (nSPS) is 9.57. The Balaban J connectivity index is 3.08. The Hall–Kier alpha value is -1.63. The van der Waals surface area contributed by atoms with E-state index in [-0.39, 0.29) is 0 Å². The highest BCUT2D eigenvalue weighted by Crippen LogP contribution is 2.10. The number of hydrogen-bond donors (Lipinski definition) is 0. The van der Waals surface area contributed by atoms with E-state index in [0.717, 1.165) is 24.5 Å². The lowest BCUT2D eigenvalue weighted by Gasteiger charge is -2.11. The maximum atomic E-state index is 8.78. The lowest BCUT2D eigenvalue weighted by Crippen LogP contribution is -2.13. The molecule has 0 saturated heterocycles. The van der Waals surface area contributed by atoms with Gasteiger partial charge in [-0.3, -0.25) is 0 Å². The van der Waals surface area contributed by atoms with Gasteiger partial charge in [-0.1, -0.05) is 6.92 Å². The number of nitriles is 1. The molecule has 1 aromatic heterocycles. The fraction of sp³-hybridized carbons (Fsp3) is 0.500. The van der Waals surface area contributed by atoms with Gasteiger partial charge in [0.15, 0.2) is 0 Å². The van der Waals surface area contributed by atoms with Crippen molar-refractivity contribution in [3.8, 4) is 6.07 Å². The quantitative estimate of drug-likeness (QED) is 0.722. The van der Waals surface area contributed by atoms with Crippen LogP contribution >= 0.6 is 0 Å². The average Bonchev–Trinajstić information content (AvgIpc) is 2.17. The van der Waals surface area contributed by atoms with E-state index in [2.05, 4.69) is 16.9 Å². The zero-order valence-corrected chi connectivity index (χ0v) is 8.78. The Labute approximate surface area is 84.2 Å². The second kappa shape index (κ2) is 4.56. The zero-order valence-electron chi connectivity index (χ0n) is 8.78. The molecule has 14 heavy (non-hydrogen) atoms. The van der Waals surface area contributed by atoms with E-state index < -0.39 is 0 Å². The first-order chi connectivity index (χ1) is 6.67. The van der Waals surface area contributed by atoms with Gasteiger partial charge in [-0.05, 0) is 6.42 Å². The van der Waals surface area contributed by atoms with Gasteiger partial charge in [0.1, 0.15) is 23.4 Å². The maximum absolute atomic E-state index is 8.78. The van der Waals surface area contributed by atoms with Gasteiger partial charge in [-0.2, -0.15) is 5.26 Å². The molecule has 1 rings (SSSR count). The van der Waals surface area contributed by atoms with Crippen molar-refractivity contribution < 1.29 is 0 Å². The van der Waals surface area contributed by atoms with Gasteiger partial charge in [0.2, 0.25) is 0 Å². The highest BCUT2D eigenvalue weighted by atomic mass is 15.1. The summed E-state index contributed by atoms with van der Waals surface area (Å²) in [6.07, 6.45) is 1.80. The molecule has 74 valence electrons. The van der Waals surface area contributed by atoms with Crippen molar-refractivity contribution in [1.82, 2.24) is 9.97 Å². The number of anilines is 1. The fourth-order valence-corrected chi connectivity index (χ4v) is 1.10. The molecule has 0 N–H and O–H groups in total. The predicted molar refractivity (Wildman–Crippen MR) is 55.1 cm³/mol. The predicted octanol–water partition coefficient (Wildman–Crippen LogP) is 1.37. The molecule has 0 aromatic carbocycles. The molecule has 0 atom stereocenters. The molecular formula is C10H14N4. The van der Waals surface area contributed by atoms with Crippen LogP contribution in [0.2, 0.25) is 0 Å². The molecular weight excluding hydrogens is 176 g/mol. The van der Waals surface area contributed by atoms with E-state index >= 15 is 0 Å². The molecule has 0 bridgehead atoms. The second-order valence-corrected chi connectivity index (χ2v) is 3.28. The maximum Gasteiger partial charge on any atom is 0.146 e. The van der Waals surface area contributed by atoms with Crippen LogP contribution in [-0.4, -0.2) is 24.1 Å². The highest BCUT2D eigenvalue weighted by molar-refractivity contribution is 5.41. The molecule has 0 radical (unpaired) electrons. The number of nitrogens with zero attached hydrogens (tertiary/aromatic N) is 4. The average molecular weight is 190 g/mol. The zero-order chi connectivity index (χ0) is 10.6. The van der Waals surface area contributed by atoms with Crippen LogP contribution in [0.1, 0.15) is 24.9 Å². The lowest BCUT2D eigenvalue weighted by atomic mass is 10.3. The first-order valence-electron chi connectivity index (χ1n) is 4.62. The van der Waals surface area contributed by atoms with Gasteiger partial charge in [-0.25, -0.2) is 9.97 Å². The summed E-state index contributed by atoms with van der Waals surface area (Å²) in [5, 5.41) is 8.78. The minimum Gasteiger partial charge on any atom is -0.363 e. The Morgan fingerprint density at radius 1 is 1.43 bits per heavy atom. The van der Waals surface area contributed by atoms with Crippen molar-refractivity contribution in [2.75, 3.05) is 19.0 Å². The summed E-state index contributed by atoms with van der Waals surface area (Å²) in [7, 11) is 3.80. The van der Waals surface area contributed by atoms with Crippen molar-refractivity contribution in [3.05, 3.63) is 17.6 Å². The number of aromatic nitrogens is 2. The third-order valence-electron chi connectivity index (χ3n) is 1.81. The first-order valence-corrected chi connectivity index (χ1v) is 4.62. The third-order valence-corrected chi connectivity index (χ3v) is 1.81. The summed E-state index contributed by atoms with van der Waals surface area (Å²) in [5.41, 5.74) is 0.437. The molecule has 0 aliphatic rings. The van der Waals surface area contributed by atoms with Crippen LogP contribution in [0, 0.1) is 11.3 Å². The van der Waals surface area contributed by atoms with Crippen molar-refractivity contribution in [2.45, 2.75) is 19.8 Å². The largest absolute Gasteiger partial charge is 0.363 e. The molecule has 0 spiro atoms. The Kier molecular flexibility index (Phi) is 3.41. The van der Waals surface area contributed by atoms with Gasteiger partial charge in [0.05, 0.1) is 0 Å². The minimum atomic E-state index is 0.437. The van der Waals surface area contributed by atoms with Crippen LogP contribution in [-0.2, 0) is 6.42 Å². The molecule has 4 heteroatoms. The van der Waals surface area contributed by atoms with Crippen molar-refractivity contribution >= 4 is 5.82 Å². The van der Waals surface area contributed by atoms with Gasteiger partial charge in [-0.15, -0.1) is 0 Å².